The van der Waals surface area contributed by atoms with Gasteiger partial charge < -0.3 is 0 Å². The van der Waals surface area contributed by atoms with Gasteiger partial charge in [0.05, 0.1) is 38.9 Å². The highest BCUT2D eigenvalue weighted by molar-refractivity contribution is 6.14. The van der Waals surface area contributed by atoms with Gasteiger partial charge in [0.2, 0.25) is 0 Å². The minimum atomic E-state index is -0.713. The van der Waals surface area contributed by atoms with E-state index in [1.807, 2.05) is 12.4 Å². The molecule has 0 spiro atoms. The Balaban J connectivity index is 0.959. The van der Waals surface area contributed by atoms with E-state index < -0.39 is 5.41 Å². The molecule has 77 heavy (non-hydrogen) atoms. The van der Waals surface area contributed by atoms with E-state index in [0.717, 1.165) is 122 Å². The molecule has 0 N–H and O–H groups in total. The van der Waals surface area contributed by atoms with Crippen molar-refractivity contribution in [3.8, 4) is 78.1 Å². The summed E-state index contributed by atoms with van der Waals surface area (Å²) in [5, 5.41) is 4.26. The molecule has 1 aliphatic rings. The standard InChI is InChI=1S/C73H46N4/c1-5-19-47(20-6-1)55-39-41-74-69-59(55)35-37-61-63(49-23-9-3-10-24-49)45-67(76-71(61)69)51-27-17-29-53(43-51)73(65-33-15-13-31-57(65)58-32-14-16-34-66(58)73)54-30-18-28-52(44-54)68-46-64(50-25-11-4-12-26-50)62-38-36-60-56(48-21-7-2-8-22-48)40-42-75-70(60)72(62)77-68/h1-46H. The van der Waals surface area contributed by atoms with Gasteiger partial charge in [-0.3, -0.25) is 9.97 Å². The van der Waals surface area contributed by atoms with Crippen molar-refractivity contribution in [3.05, 3.63) is 302 Å². The highest BCUT2D eigenvalue weighted by Crippen LogP contribution is 2.57. The fourth-order valence-corrected chi connectivity index (χ4v) is 12.4. The summed E-state index contributed by atoms with van der Waals surface area (Å²) < 4.78 is 0. The van der Waals surface area contributed by atoms with Crippen LogP contribution in [-0.4, -0.2) is 19.9 Å². The molecule has 4 heteroatoms. The Bertz CT molecular complexity index is 4310. The molecule has 0 radical (unpaired) electrons. The second-order valence-corrected chi connectivity index (χ2v) is 20.0. The highest BCUT2D eigenvalue weighted by Gasteiger charge is 2.46. The van der Waals surface area contributed by atoms with E-state index in [2.05, 4.69) is 267 Å². The molecule has 4 nitrogen and oxygen atoms in total. The molecule has 1 aliphatic carbocycles. The molecule has 15 rings (SSSR count). The number of hydrogen-bond acceptors (Lipinski definition) is 4. The van der Waals surface area contributed by atoms with Gasteiger partial charge in [-0.15, -0.1) is 0 Å². The first kappa shape index (κ1) is 44.3. The van der Waals surface area contributed by atoms with Crippen LogP contribution in [0.3, 0.4) is 0 Å². The molecular weight excluding hydrogens is 933 g/mol. The molecular formula is C73H46N4. The van der Waals surface area contributed by atoms with E-state index in [0.29, 0.717) is 0 Å². The minimum Gasteiger partial charge on any atom is -0.254 e. The second kappa shape index (κ2) is 18.0. The molecule has 4 heterocycles. The lowest BCUT2D eigenvalue weighted by Crippen LogP contribution is -2.28. The molecule has 10 aromatic carbocycles. The first-order valence-electron chi connectivity index (χ1n) is 26.3. The Morgan fingerprint density at radius 1 is 0.234 bits per heavy atom. The summed E-state index contributed by atoms with van der Waals surface area (Å²) in [7, 11) is 0. The minimum absolute atomic E-state index is 0.713. The monoisotopic (exact) mass is 978 g/mol. The van der Waals surface area contributed by atoms with Crippen molar-refractivity contribution < 1.29 is 0 Å². The largest absolute Gasteiger partial charge is 0.254 e. The van der Waals surface area contributed by atoms with Crippen molar-refractivity contribution in [2.24, 2.45) is 0 Å². The summed E-state index contributed by atoms with van der Waals surface area (Å²) in [5.41, 5.74) is 22.8. The first-order valence-corrected chi connectivity index (χ1v) is 26.3. The molecule has 14 aromatic rings. The summed E-state index contributed by atoms with van der Waals surface area (Å²) >= 11 is 0. The Labute approximate surface area is 446 Å². The zero-order chi connectivity index (χ0) is 50.9. The summed E-state index contributed by atoms with van der Waals surface area (Å²) in [4.78, 5) is 21.4. The van der Waals surface area contributed by atoms with Gasteiger partial charge in [-0.1, -0.05) is 231 Å². The van der Waals surface area contributed by atoms with Crippen molar-refractivity contribution in [2.45, 2.75) is 5.41 Å². The van der Waals surface area contributed by atoms with Crippen molar-refractivity contribution in [1.29, 1.82) is 0 Å². The number of benzene rings is 10. The quantitative estimate of drug-likeness (QED) is 0.142. The molecule has 0 saturated carbocycles. The second-order valence-electron chi connectivity index (χ2n) is 20.0. The summed E-state index contributed by atoms with van der Waals surface area (Å²) in [5.74, 6) is 0. The van der Waals surface area contributed by atoms with Gasteiger partial charge in [0.15, 0.2) is 0 Å². The molecule has 0 amide bonds. The number of pyridine rings is 4. The van der Waals surface area contributed by atoms with E-state index in [4.69, 9.17) is 19.9 Å². The van der Waals surface area contributed by atoms with Crippen LogP contribution in [0.25, 0.3) is 122 Å². The number of hydrogen-bond donors (Lipinski definition) is 0. The van der Waals surface area contributed by atoms with Gasteiger partial charge in [0.1, 0.15) is 0 Å². The SMILES string of the molecule is c1ccc(-c2ccnc3c2ccc2c(-c4ccccc4)cc(-c4cccc(C5(c6cccc(-c7cc(-c8ccccc8)c8ccc9c(-c%10ccccc%10)ccnc9c8n7)c6)c6ccccc6-c6ccccc65)c4)nc23)cc1. The van der Waals surface area contributed by atoms with Gasteiger partial charge in [-0.2, -0.15) is 0 Å². The Morgan fingerprint density at radius 3 is 0.974 bits per heavy atom. The van der Waals surface area contributed by atoms with Gasteiger partial charge in [-0.25, -0.2) is 9.97 Å². The molecule has 0 unspecified atom stereocenters. The summed E-state index contributed by atoms with van der Waals surface area (Å²) in [6.07, 6.45) is 3.84. The predicted molar refractivity (Wildman–Crippen MR) is 318 cm³/mol. The Kier molecular flexibility index (Phi) is 10.4. The van der Waals surface area contributed by atoms with E-state index in [9.17, 15) is 0 Å². The van der Waals surface area contributed by atoms with Crippen molar-refractivity contribution >= 4 is 43.6 Å². The fourth-order valence-electron chi connectivity index (χ4n) is 12.4. The predicted octanol–water partition coefficient (Wildman–Crippen LogP) is 18.2. The van der Waals surface area contributed by atoms with Crippen LogP contribution >= 0.6 is 0 Å². The zero-order valence-corrected chi connectivity index (χ0v) is 41.8. The van der Waals surface area contributed by atoms with Gasteiger partial charge in [0.25, 0.3) is 0 Å². The average molecular weight is 979 g/mol. The van der Waals surface area contributed by atoms with E-state index in [1.165, 1.54) is 22.3 Å². The topological polar surface area (TPSA) is 51.6 Å². The summed E-state index contributed by atoms with van der Waals surface area (Å²) in [6.45, 7) is 0. The van der Waals surface area contributed by atoms with Gasteiger partial charge >= 0.3 is 0 Å². The average Bonchev–Trinajstić information content (AvgIpc) is 4.06. The molecule has 0 atom stereocenters. The summed E-state index contributed by atoms with van der Waals surface area (Å²) in [6, 6.07) is 96.2. The van der Waals surface area contributed by atoms with Crippen LogP contribution in [0, 0.1) is 0 Å². The van der Waals surface area contributed by atoms with Crippen LogP contribution in [0.15, 0.2) is 279 Å². The molecule has 0 aliphatic heterocycles. The van der Waals surface area contributed by atoms with Gasteiger partial charge in [-0.05, 0) is 114 Å². The van der Waals surface area contributed by atoms with Crippen molar-refractivity contribution in [3.63, 3.8) is 0 Å². The van der Waals surface area contributed by atoms with E-state index >= 15 is 0 Å². The van der Waals surface area contributed by atoms with Crippen LogP contribution in [-0.2, 0) is 5.41 Å². The third-order valence-corrected chi connectivity index (χ3v) is 15.9. The fraction of sp³-hybridized carbons (Fsp3) is 0.0137. The van der Waals surface area contributed by atoms with Gasteiger partial charge in [0, 0.05) is 45.1 Å². The normalized spacial score (nSPS) is 12.5. The molecule has 358 valence electrons. The number of aromatic nitrogens is 4. The number of fused-ring (bicyclic) bond motifs is 9. The molecule has 0 fully saturated rings. The van der Waals surface area contributed by atoms with E-state index in [-0.39, 0.29) is 0 Å². The van der Waals surface area contributed by atoms with Crippen LogP contribution < -0.4 is 0 Å². The first-order chi connectivity index (χ1) is 38.2. The van der Waals surface area contributed by atoms with E-state index in [1.54, 1.807) is 0 Å². The maximum Gasteiger partial charge on any atom is 0.0978 e. The number of rotatable bonds is 8. The van der Waals surface area contributed by atoms with Crippen molar-refractivity contribution in [2.75, 3.05) is 0 Å². The van der Waals surface area contributed by atoms with Crippen molar-refractivity contribution in [1.82, 2.24) is 19.9 Å². The molecule has 0 saturated heterocycles. The van der Waals surface area contributed by atoms with Crippen LogP contribution in [0.4, 0.5) is 0 Å². The zero-order valence-electron chi connectivity index (χ0n) is 41.8. The van der Waals surface area contributed by atoms with Crippen LogP contribution in [0.2, 0.25) is 0 Å². The smallest absolute Gasteiger partial charge is 0.0978 e. The third-order valence-electron chi connectivity index (χ3n) is 15.9. The Morgan fingerprint density at radius 2 is 0.571 bits per heavy atom. The molecule has 4 aromatic heterocycles. The molecule has 0 bridgehead atoms. The highest BCUT2D eigenvalue weighted by atomic mass is 14.8. The van der Waals surface area contributed by atoms with Crippen LogP contribution in [0.5, 0.6) is 0 Å². The Hall–Kier alpha value is -10.2. The van der Waals surface area contributed by atoms with Crippen LogP contribution in [0.1, 0.15) is 22.3 Å². The lowest BCUT2D eigenvalue weighted by atomic mass is 9.67. The lowest BCUT2D eigenvalue weighted by molar-refractivity contribution is 0.769. The maximum absolute atomic E-state index is 5.63. The third kappa shape index (κ3) is 7.14. The number of nitrogens with zero attached hydrogens (tertiary/aromatic N) is 4. The maximum atomic E-state index is 5.63. The lowest BCUT2D eigenvalue weighted by Gasteiger charge is -2.34.